The summed E-state index contributed by atoms with van der Waals surface area (Å²) in [6.45, 7) is 1.89. The maximum absolute atomic E-state index is 13.1. The molecule has 7 nitrogen and oxygen atoms in total. The highest BCUT2D eigenvalue weighted by atomic mass is 32.2. The molecule has 0 aliphatic rings. The van der Waals surface area contributed by atoms with Crippen molar-refractivity contribution in [2.24, 2.45) is 0 Å². The predicted octanol–water partition coefficient (Wildman–Crippen LogP) is 5.29. The fourth-order valence-corrected chi connectivity index (χ4v) is 3.99. The van der Waals surface area contributed by atoms with Crippen molar-refractivity contribution in [2.45, 2.75) is 18.2 Å². The van der Waals surface area contributed by atoms with E-state index in [4.69, 9.17) is 9.47 Å². The number of carbonyl (C=O) groups is 1. The van der Waals surface area contributed by atoms with Gasteiger partial charge in [-0.25, -0.2) is 4.39 Å². The monoisotopic (exact) mass is 478 g/mol. The van der Waals surface area contributed by atoms with E-state index in [0.717, 1.165) is 11.4 Å². The molecule has 1 aromatic heterocycles. The number of halogens is 1. The molecule has 1 amide bonds. The average Bonchev–Trinajstić information content (AvgIpc) is 3.29. The molecule has 1 N–H and O–H groups in total. The number of rotatable bonds is 9. The Balaban J connectivity index is 1.52. The van der Waals surface area contributed by atoms with E-state index in [1.54, 1.807) is 7.11 Å². The maximum atomic E-state index is 13.1. The zero-order valence-electron chi connectivity index (χ0n) is 18.6. The Labute approximate surface area is 200 Å². The number of methoxy groups -OCH3 is 1. The fraction of sp³-hybridized carbons (Fsp3) is 0.160. The first-order valence-corrected chi connectivity index (χ1v) is 11.5. The van der Waals surface area contributed by atoms with Gasteiger partial charge in [-0.2, -0.15) is 0 Å². The van der Waals surface area contributed by atoms with E-state index in [1.807, 2.05) is 66.1 Å². The van der Waals surface area contributed by atoms with E-state index in [0.29, 0.717) is 22.4 Å². The van der Waals surface area contributed by atoms with E-state index in [-0.39, 0.29) is 17.5 Å². The zero-order chi connectivity index (χ0) is 23.9. The summed E-state index contributed by atoms with van der Waals surface area (Å²) in [6, 6.07) is 22.6. The topological polar surface area (TPSA) is 78.3 Å². The van der Waals surface area contributed by atoms with Crippen LogP contribution in [0.1, 0.15) is 18.9 Å². The molecule has 0 spiro atoms. The van der Waals surface area contributed by atoms with E-state index < -0.39 is 6.10 Å². The van der Waals surface area contributed by atoms with Gasteiger partial charge in [0.15, 0.2) is 17.1 Å². The molecule has 0 aliphatic heterocycles. The molecule has 4 aromatic rings. The minimum absolute atomic E-state index is 0.107. The number of nitrogens with zero attached hydrogens (tertiary/aromatic N) is 3. The first-order chi connectivity index (χ1) is 16.5. The number of para-hydroxylation sites is 1. The summed E-state index contributed by atoms with van der Waals surface area (Å²) in [7, 11) is 1.61. The minimum atomic E-state index is -0.413. The second-order valence-electron chi connectivity index (χ2n) is 7.29. The summed E-state index contributed by atoms with van der Waals surface area (Å²) < 4.78 is 26.3. The number of benzene rings is 3. The first kappa shape index (κ1) is 23.3. The summed E-state index contributed by atoms with van der Waals surface area (Å²) in [5, 5.41) is 12.0. The molecular formula is C25H23FN4O3S. The van der Waals surface area contributed by atoms with Crippen LogP contribution >= 0.6 is 11.8 Å². The van der Waals surface area contributed by atoms with Crippen LogP contribution < -0.4 is 14.8 Å². The second-order valence-corrected chi connectivity index (χ2v) is 8.23. The number of ether oxygens (including phenoxy) is 2. The van der Waals surface area contributed by atoms with Crippen LogP contribution in [0.2, 0.25) is 0 Å². The van der Waals surface area contributed by atoms with E-state index in [1.165, 1.54) is 36.0 Å². The van der Waals surface area contributed by atoms with Gasteiger partial charge in [0.25, 0.3) is 0 Å². The van der Waals surface area contributed by atoms with Crippen LogP contribution in [0.3, 0.4) is 0 Å². The maximum Gasteiger partial charge on any atom is 0.234 e. The van der Waals surface area contributed by atoms with Crippen LogP contribution in [-0.2, 0) is 4.79 Å². The first-order valence-electron chi connectivity index (χ1n) is 10.5. The number of carbonyl (C=O) groups excluding carboxylic acids is 1. The van der Waals surface area contributed by atoms with Gasteiger partial charge >= 0.3 is 0 Å². The number of anilines is 1. The van der Waals surface area contributed by atoms with Gasteiger partial charge in [0.05, 0.1) is 12.9 Å². The average molecular weight is 479 g/mol. The lowest BCUT2D eigenvalue weighted by atomic mass is 10.3. The predicted molar refractivity (Wildman–Crippen MR) is 129 cm³/mol. The Morgan fingerprint density at radius 1 is 1.00 bits per heavy atom. The molecule has 1 unspecified atom stereocenters. The lowest BCUT2D eigenvalue weighted by molar-refractivity contribution is -0.113. The molecule has 34 heavy (non-hydrogen) atoms. The molecule has 4 rings (SSSR count). The molecule has 0 saturated carbocycles. The Morgan fingerprint density at radius 3 is 2.35 bits per heavy atom. The summed E-state index contributed by atoms with van der Waals surface area (Å²) >= 11 is 1.25. The Morgan fingerprint density at radius 2 is 1.68 bits per heavy atom. The number of nitrogens with one attached hydrogen (secondary N) is 1. The lowest BCUT2D eigenvalue weighted by Gasteiger charge is -2.17. The Bertz CT molecular complexity index is 1230. The van der Waals surface area contributed by atoms with Crippen LogP contribution in [0.4, 0.5) is 10.1 Å². The van der Waals surface area contributed by atoms with Crippen molar-refractivity contribution in [1.29, 1.82) is 0 Å². The van der Waals surface area contributed by atoms with Crippen molar-refractivity contribution in [3.63, 3.8) is 0 Å². The van der Waals surface area contributed by atoms with Gasteiger partial charge in [-0.1, -0.05) is 30.0 Å². The third-order valence-corrected chi connectivity index (χ3v) is 5.80. The quantitative estimate of drug-likeness (QED) is 0.330. The molecular weight excluding hydrogens is 455 g/mol. The third-order valence-electron chi connectivity index (χ3n) is 4.87. The zero-order valence-corrected chi connectivity index (χ0v) is 19.5. The summed E-state index contributed by atoms with van der Waals surface area (Å²) in [5.41, 5.74) is 1.38. The third kappa shape index (κ3) is 5.74. The van der Waals surface area contributed by atoms with Gasteiger partial charge in [-0.05, 0) is 67.6 Å². The molecule has 3 aromatic carbocycles. The molecule has 1 atom stereocenters. The van der Waals surface area contributed by atoms with Gasteiger partial charge in [0.2, 0.25) is 5.91 Å². The highest BCUT2D eigenvalue weighted by Crippen LogP contribution is 2.28. The lowest BCUT2D eigenvalue weighted by Crippen LogP contribution is -2.15. The highest BCUT2D eigenvalue weighted by Gasteiger charge is 2.21. The van der Waals surface area contributed by atoms with Crippen LogP contribution in [0.15, 0.2) is 84.0 Å². The van der Waals surface area contributed by atoms with Crippen molar-refractivity contribution in [1.82, 2.24) is 14.8 Å². The molecule has 9 heteroatoms. The Kier molecular flexibility index (Phi) is 7.44. The van der Waals surface area contributed by atoms with Gasteiger partial charge in [0, 0.05) is 11.4 Å². The molecule has 0 aliphatic carbocycles. The molecule has 174 valence electrons. The van der Waals surface area contributed by atoms with Crippen LogP contribution in [0, 0.1) is 5.82 Å². The van der Waals surface area contributed by atoms with Crippen LogP contribution in [0.25, 0.3) is 5.69 Å². The smallest absolute Gasteiger partial charge is 0.234 e. The highest BCUT2D eigenvalue weighted by molar-refractivity contribution is 7.99. The normalized spacial score (nSPS) is 11.6. The van der Waals surface area contributed by atoms with Crippen LogP contribution in [-0.4, -0.2) is 33.5 Å². The molecule has 1 heterocycles. The van der Waals surface area contributed by atoms with E-state index in [2.05, 4.69) is 15.5 Å². The van der Waals surface area contributed by atoms with Gasteiger partial charge in [0.1, 0.15) is 17.3 Å². The SMILES string of the molecule is COc1ccc(OC(C)c2nnc(SCC(=O)Nc3ccc(F)cc3)n2-c2ccccc2)cc1. The van der Waals surface area contributed by atoms with E-state index in [9.17, 15) is 9.18 Å². The summed E-state index contributed by atoms with van der Waals surface area (Å²) in [4.78, 5) is 12.4. The molecule has 0 bridgehead atoms. The Hall–Kier alpha value is -3.85. The second kappa shape index (κ2) is 10.8. The largest absolute Gasteiger partial charge is 0.497 e. The summed E-state index contributed by atoms with van der Waals surface area (Å²) in [5.74, 6) is 1.53. The van der Waals surface area contributed by atoms with Crippen molar-refractivity contribution >= 4 is 23.4 Å². The van der Waals surface area contributed by atoms with Gasteiger partial charge in [-0.15, -0.1) is 10.2 Å². The van der Waals surface area contributed by atoms with Crippen molar-refractivity contribution in [3.8, 4) is 17.2 Å². The number of thioether (sulfide) groups is 1. The van der Waals surface area contributed by atoms with E-state index >= 15 is 0 Å². The van der Waals surface area contributed by atoms with Crippen LogP contribution in [0.5, 0.6) is 11.5 Å². The molecule has 0 fully saturated rings. The van der Waals surface area contributed by atoms with Gasteiger partial charge in [-0.3, -0.25) is 9.36 Å². The fourth-order valence-electron chi connectivity index (χ4n) is 3.23. The number of amides is 1. The number of aromatic nitrogens is 3. The standard InChI is InChI=1S/C25H23FN4O3S/c1-17(33-22-14-12-21(32-2)13-15-22)24-28-29-25(30(24)20-6-4-3-5-7-20)34-16-23(31)27-19-10-8-18(26)9-11-19/h3-15,17H,16H2,1-2H3,(H,27,31). The molecule has 0 saturated heterocycles. The van der Waals surface area contributed by atoms with Crippen molar-refractivity contribution < 1.29 is 18.7 Å². The van der Waals surface area contributed by atoms with Crippen molar-refractivity contribution in [2.75, 3.05) is 18.2 Å². The number of hydrogen-bond donors (Lipinski definition) is 1. The number of hydrogen-bond acceptors (Lipinski definition) is 6. The minimum Gasteiger partial charge on any atom is -0.497 e. The molecule has 0 radical (unpaired) electrons. The van der Waals surface area contributed by atoms with Crippen molar-refractivity contribution in [3.05, 3.63) is 90.5 Å². The van der Waals surface area contributed by atoms with Gasteiger partial charge < -0.3 is 14.8 Å². The summed E-state index contributed by atoms with van der Waals surface area (Å²) in [6.07, 6.45) is -0.413.